The van der Waals surface area contributed by atoms with Gasteiger partial charge in [0.25, 0.3) is 0 Å². The number of ketones is 1. The lowest BCUT2D eigenvalue weighted by Crippen LogP contribution is -2.06. The average Bonchev–Trinajstić information content (AvgIpc) is 2.96. The number of carbonyl (C=O) groups excluding carboxylic acids is 1. The third-order valence-corrected chi connectivity index (χ3v) is 3.29. The second kappa shape index (κ2) is 4.64. The van der Waals surface area contributed by atoms with Crippen LogP contribution in [0.2, 0.25) is 0 Å². The second-order valence-electron chi connectivity index (χ2n) is 5.41. The largest absolute Gasteiger partial charge is 0.346 e. The molecule has 1 aliphatic rings. The Morgan fingerprint density at radius 2 is 2.32 bits per heavy atom. The first-order chi connectivity index (χ1) is 9.13. The lowest BCUT2D eigenvalue weighted by molar-refractivity contribution is 0.0939. The molecule has 0 aliphatic heterocycles. The van der Waals surface area contributed by atoms with Crippen LogP contribution in [0.25, 0.3) is 0 Å². The minimum atomic E-state index is 0.0162. The van der Waals surface area contributed by atoms with E-state index in [1.54, 1.807) is 0 Å². The predicted octanol–water partition coefficient (Wildman–Crippen LogP) is 2.64. The number of hydrogen-bond acceptors (Lipinski definition) is 4. The van der Waals surface area contributed by atoms with E-state index in [-0.39, 0.29) is 11.7 Å². The lowest BCUT2D eigenvalue weighted by Gasteiger charge is -2.00. The Morgan fingerprint density at radius 3 is 3.00 bits per heavy atom. The van der Waals surface area contributed by atoms with Gasteiger partial charge in [0.2, 0.25) is 5.89 Å². The molecule has 0 radical (unpaired) electrons. The fourth-order valence-electron chi connectivity index (χ4n) is 2.01. The highest BCUT2D eigenvalue weighted by molar-refractivity contribution is 5.97. The van der Waals surface area contributed by atoms with Crippen molar-refractivity contribution >= 4 is 5.78 Å². The van der Waals surface area contributed by atoms with E-state index < -0.39 is 0 Å². The van der Waals surface area contributed by atoms with E-state index in [0.717, 1.165) is 24.3 Å². The smallest absolute Gasteiger partial charge is 0.229 e. The molecule has 0 spiro atoms. The minimum absolute atomic E-state index is 0.0162. The van der Waals surface area contributed by atoms with Crippen LogP contribution in [0.1, 0.15) is 54.7 Å². The molecule has 0 amide bonds. The van der Waals surface area contributed by atoms with E-state index in [4.69, 9.17) is 4.52 Å². The number of Topliss-reactive ketones (excluding diaryl/α,β-unsaturated/α-hetero) is 1. The highest BCUT2D eigenvalue weighted by Crippen LogP contribution is 2.38. The summed E-state index contributed by atoms with van der Waals surface area (Å²) in [4.78, 5) is 16.2. The van der Waals surface area contributed by atoms with Crippen LogP contribution in [0, 0.1) is 5.92 Å². The molecule has 0 saturated heterocycles. The molecular weight excluding hydrogens is 242 g/mol. The van der Waals surface area contributed by atoms with Crippen molar-refractivity contribution < 1.29 is 9.32 Å². The highest BCUT2D eigenvalue weighted by Gasteiger charge is 2.29. The van der Waals surface area contributed by atoms with Gasteiger partial charge in [-0.2, -0.15) is 4.98 Å². The van der Waals surface area contributed by atoms with Crippen molar-refractivity contribution in [2.45, 2.75) is 39.2 Å². The summed E-state index contributed by atoms with van der Waals surface area (Å²) in [6.07, 6.45) is 6.02. The highest BCUT2D eigenvalue weighted by atomic mass is 16.5. The van der Waals surface area contributed by atoms with Crippen LogP contribution in [0.15, 0.2) is 23.0 Å². The maximum Gasteiger partial charge on any atom is 0.229 e. The zero-order valence-corrected chi connectivity index (χ0v) is 11.2. The van der Waals surface area contributed by atoms with Gasteiger partial charge in [0.05, 0.1) is 6.54 Å². The Morgan fingerprint density at radius 1 is 1.53 bits per heavy atom. The SMILES string of the molecule is CC(C)C(=O)c1ccn(Cc2noc(C3CC3)n2)c1. The van der Waals surface area contributed by atoms with E-state index in [0.29, 0.717) is 18.3 Å². The Balaban J connectivity index is 1.70. The van der Waals surface area contributed by atoms with Gasteiger partial charge in [-0.05, 0) is 18.9 Å². The zero-order chi connectivity index (χ0) is 13.4. The molecule has 2 aromatic heterocycles. The Bertz CT molecular complexity index is 593. The molecule has 19 heavy (non-hydrogen) atoms. The summed E-state index contributed by atoms with van der Waals surface area (Å²) in [5, 5.41) is 3.97. The van der Waals surface area contributed by atoms with Gasteiger partial charge in [-0.3, -0.25) is 4.79 Å². The van der Waals surface area contributed by atoms with E-state index in [9.17, 15) is 4.79 Å². The molecule has 100 valence electrons. The summed E-state index contributed by atoms with van der Waals surface area (Å²) in [5.74, 6) is 2.07. The Labute approximate surface area is 111 Å². The maximum absolute atomic E-state index is 11.8. The lowest BCUT2D eigenvalue weighted by atomic mass is 10.0. The molecule has 5 heteroatoms. The van der Waals surface area contributed by atoms with Crippen molar-refractivity contribution in [3.8, 4) is 0 Å². The quantitative estimate of drug-likeness (QED) is 0.774. The van der Waals surface area contributed by atoms with Crippen molar-refractivity contribution in [3.63, 3.8) is 0 Å². The van der Waals surface area contributed by atoms with Crippen molar-refractivity contribution in [3.05, 3.63) is 35.7 Å². The van der Waals surface area contributed by atoms with Crippen LogP contribution in [0.5, 0.6) is 0 Å². The van der Waals surface area contributed by atoms with Gasteiger partial charge >= 0.3 is 0 Å². The number of aromatic nitrogens is 3. The molecule has 1 saturated carbocycles. The summed E-state index contributed by atoms with van der Waals surface area (Å²) < 4.78 is 7.13. The van der Waals surface area contributed by atoms with Gasteiger partial charge < -0.3 is 9.09 Å². The van der Waals surface area contributed by atoms with Gasteiger partial charge in [0.15, 0.2) is 11.6 Å². The van der Waals surface area contributed by atoms with E-state index >= 15 is 0 Å². The molecule has 2 heterocycles. The number of nitrogens with zero attached hydrogens (tertiary/aromatic N) is 3. The summed E-state index contributed by atoms with van der Waals surface area (Å²) in [6.45, 7) is 4.35. The Kier molecular flexibility index (Phi) is 2.97. The standard InChI is InChI=1S/C14H17N3O2/c1-9(2)13(18)11-5-6-17(7-11)8-12-15-14(19-16-12)10-3-4-10/h5-7,9-10H,3-4,8H2,1-2H3. The summed E-state index contributed by atoms with van der Waals surface area (Å²) in [7, 11) is 0. The van der Waals surface area contributed by atoms with Crippen molar-refractivity contribution in [1.82, 2.24) is 14.7 Å². The molecule has 0 aromatic carbocycles. The first kappa shape index (κ1) is 12.1. The molecule has 0 unspecified atom stereocenters. The van der Waals surface area contributed by atoms with E-state index in [2.05, 4.69) is 10.1 Å². The first-order valence-corrected chi connectivity index (χ1v) is 6.66. The molecule has 1 fully saturated rings. The molecule has 2 aromatic rings. The summed E-state index contributed by atoms with van der Waals surface area (Å²) in [6, 6.07) is 1.84. The van der Waals surface area contributed by atoms with Crippen LogP contribution in [0.3, 0.4) is 0 Å². The molecular formula is C14H17N3O2. The zero-order valence-electron chi connectivity index (χ0n) is 11.2. The fourth-order valence-corrected chi connectivity index (χ4v) is 2.01. The van der Waals surface area contributed by atoms with E-state index in [1.807, 2.05) is 36.9 Å². The van der Waals surface area contributed by atoms with Crippen LogP contribution < -0.4 is 0 Å². The maximum atomic E-state index is 11.8. The van der Waals surface area contributed by atoms with Gasteiger partial charge in [-0.25, -0.2) is 0 Å². The topological polar surface area (TPSA) is 60.9 Å². The molecule has 0 N–H and O–H groups in total. The fraction of sp³-hybridized carbons (Fsp3) is 0.500. The minimum Gasteiger partial charge on any atom is -0.346 e. The van der Waals surface area contributed by atoms with Crippen LogP contribution in [-0.4, -0.2) is 20.5 Å². The number of hydrogen-bond donors (Lipinski definition) is 0. The molecule has 0 bridgehead atoms. The van der Waals surface area contributed by atoms with Crippen molar-refractivity contribution in [2.75, 3.05) is 0 Å². The van der Waals surface area contributed by atoms with Gasteiger partial charge in [-0.15, -0.1) is 0 Å². The molecule has 3 rings (SSSR count). The van der Waals surface area contributed by atoms with Gasteiger partial charge in [-0.1, -0.05) is 19.0 Å². The van der Waals surface area contributed by atoms with Crippen molar-refractivity contribution in [2.24, 2.45) is 5.92 Å². The van der Waals surface area contributed by atoms with Crippen molar-refractivity contribution in [1.29, 1.82) is 0 Å². The third kappa shape index (κ3) is 2.59. The predicted molar refractivity (Wildman–Crippen MR) is 69.0 cm³/mol. The van der Waals surface area contributed by atoms with Gasteiger partial charge in [0.1, 0.15) is 0 Å². The van der Waals surface area contributed by atoms with Gasteiger partial charge in [0, 0.05) is 29.8 Å². The van der Waals surface area contributed by atoms with Crippen LogP contribution >= 0.6 is 0 Å². The number of carbonyl (C=O) groups is 1. The third-order valence-electron chi connectivity index (χ3n) is 3.29. The molecule has 1 aliphatic carbocycles. The number of rotatable bonds is 5. The summed E-state index contributed by atoms with van der Waals surface area (Å²) in [5.41, 5.74) is 0.737. The average molecular weight is 259 g/mol. The second-order valence-corrected chi connectivity index (χ2v) is 5.41. The molecule has 0 atom stereocenters. The van der Waals surface area contributed by atoms with Crippen LogP contribution in [0.4, 0.5) is 0 Å². The summed E-state index contributed by atoms with van der Waals surface area (Å²) >= 11 is 0. The molecule has 5 nitrogen and oxygen atoms in total. The van der Waals surface area contributed by atoms with E-state index in [1.165, 1.54) is 0 Å². The first-order valence-electron chi connectivity index (χ1n) is 6.66. The van der Waals surface area contributed by atoms with Crippen LogP contribution in [-0.2, 0) is 6.54 Å². The Hall–Kier alpha value is -1.91. The monoisotopic (exact) mass is 259 g/mol. The normalized spacial score (nSPS) is 15.1.